The maximum absolute atomic E-state index is 13.8. The number of halogens is 2. The zero-order valence-corrected chi connectivity index (χ0v) is 11.5. The standard InChI is InChI=1S/C15H15ClFNO/c1-9-8-11(16)6-7-13(9)19-14-5-3-4-12(17)15(14)10(2)18/h3-8,10H,18H2,1-2H3. The lowest BCUT2D eigenvalue weighted by Crippen LogP contribution is -2.09. The number of nitrogens with two attached hydrogens (primary N) is 1. The Labute approximate surface area is 117 Å². The Kier molecular flexibility index (Phi) is 4.08. The predicted molar refractivity (Wildman–Crippen MR) is 75.3 cm³/mol. The quantitative estimate of drug-likeness (QED) is 0.891. The Morgan fingerprint density at radius 1 is 1.21 bits per heavy atom. The van der Waals surface area contributed by atoms with Gasteiger partial charge in [0.15, 0.2) is 0 Å². The van der Waals surface area contributed by atoms with E-state index in [1.54, 1.807) is 37.3 Å². The van der Waals surface area contributed by atoms with Crippen LogP contribution in [0.25, 0.3) is 0 Å². The van der Waals surface area contributed by atoms with Crippen LogP contribution in [0.3, 0.4) is 0 Å². The van der Waals surface area contributed by atoms with Crippen LogP contribution in [0.15, 0.2) is 36.4 Å². The molecule has 1 atom stereocenters. The van der Waals surface area contributed by atoms with E-state index in [4.69, 9.17) is 22.1 Å². The van der Waals surface area contributed by atoms with Gasteiger partial charge in [-0.3, -0.25) is 0 Å². The van der Waals surface area contributed by atoms with Crippen LogP contribution in [-0.4, -0.2) is 0 Å². The maximum atomic E-state index is 13.8. The molecule has 0 aliphatic heterocycles. The highest BCUT2D eigenvalue weighted by Crippen LogP contribution is 2.33. The van der Waals surface area contributed by atoms with Gasteiger partial charge in [0.1, 0.15) is 17.3 Å². The molecule has 1 unspecified atom stereocenters. The van der Waals surface area contributed by atoms with E-state index in [2.05, 4.69) is 0 Å². The molecule has 0 aromatic heterocycles. The van der Waals surface area contributed by atoms with Crippen molar-refractivity contribution < 1.29 is 9.13 Å². The third-order valence-electron chi connectivity index (χ3n) is 2.83. The van der Waals surface area contributed by atoms with Crippen LogP contribution in [-0.2, 0) is 0 Å². The van der Waals surface area contributed by atoms with E-state index in [1.165, 1.54) is 6.07 Å². The second kappa shape index (κ2) is 5.59. The molecular weight excluding hydrogens is 265 g/mol. The van der Waals surface area contributed by atoms with Gasteiger partial charge in [-0.05, 0) is 49.7 Å². The lowest BCUT2D eigenvalue weighted by Gasteiger charge is -2.15. The van der Waals surface area contributed by atoms with Gasteiger partial charge in [0.2, 0.25) is 0 Å². The van der Waals surface area contributed by atoms with E-state index in [0.29, 0.717) is 22.1 Å². The minimum atomic E-state index is -0.441. The third kappa shape index (κ3) is 3.06. The molecule has 2 aromatic carbocycles. The molecule has 2 nitrogen and oxygen atoms in total. The average molecular weight is 280 g/mol. The first-order chi connectivity index (χ1) is 8.99. The molecule has 0 aliphatic carbocycles. The molecule has 0 heterocycles. The summed E-state index contributed by atoms with van der Waals surface area (Å²) in [5.74, 6) is 0.705. The van der Waals surface area contributed by atoms with Crippen molar-refractivity contribution in [1.82, 2.24) is 0 Å². The van der Waals surface area contributed by atoms with Gasteiger partial charge in [0.05, 0.1) is 0 Å². The zero-order valence-electron chi connectivity index (χ0n) is 10.8. The van der Waals surface area contributed by atoms with E-state index < -0.39 is 6.04 Å². The minimum absolute atomic E-state index is 0.362. The fraction of sp³-hybridized carbons (Fsp3) is 0.200. The van der Waals surface area contributed by atoms with Crippen LogP contribution in [0, 0.1) is 12.7 Å². The lowest BCUT2D eigenvalue weighted by molar-refractivity contribution is 0.458. The minimum Gasteiger partial charge on any atom is -0.457 e. The number of hydrogen-bond donors (Lipinski definition) is 1. The second-order valence-electron chi connectivity index (χ2n) is 4.45. The van der Waals surface area contributed by atoms with Gasteiger partial charge in [0.25, 0.3) is 0 Å². The first-order valence-corrected chi connectivity index (χ1v) is 6.35. The molecule has 2 rings (SSSR count). The monoisotopic (exact) mass is 279 g/mol. The number of benzene rings is 2. The fourth-order valence-corrected chi connectivity index (χ4v) is 2.12. The molecule has 4 heteroatoms. The number of aryl methyl sites for hydroxylation is 1. The van der Waals surface area contributed by atoms with E-state index >= 15 is 0 Å². The average Bonchev–Trinajstić information content (AvgIpc) is 2.32. The van der Waals surface area contributed by atoms with E-state index in [0.717, 1.165) is 5.56 Å². The second-order valence-corrected chi connectivity index (χ2v) is 4.89. The summed E-state index contributed by atoms with van der Waals surface area (Å²) in [6.07, 6.45) is 0. The molecule has 0 saturated heterocycles. The van der Waals surface area contributed by atoms with Crippen LogP contribution in [0.2, 0.25) is 5.02 Å². The molecule has 19 heavy (non-hydrogen) atoms. The molecule has 0 fully saturated rings. The molecule has 0 aliphatic rings. The Hall–Kier alpha value is -1.58. The normalized spacial score (nSPS) is 12.3. The molecule has 2 N–H and O–H groups in total. The molecular formula is C15H15ClFNO. The summed E-state index contributed by atoms with van der Waals surface area (Å²) in [6, 6.07) is 9.52. The Bertz CT molecular complexity index is 599. The molecule has 100 valence electrons. The van der Waals surface area contributed by atoms with Crippen LogP contribution in [0.5, 0.6) is 11.5 Å². The molecule has 0 saturated carbocycles. The van der Waals surface area contributed by atoms with E-state index in [1.807, 2.05) is 6.92 Å². The molecule has 0 spiro atoms. The van der Waals surface area contributed by atoms with Gasteiger partial charge in [-0.2, -0.15) is 0 Å². The van der Waals surface area contributed by atoms with Crippen LogP contribution < -0.4 is 10.5 Å². The van der Waals surface area contributed by atoms with Crippen molar-refractivity contribution in [3.8, 4) is 11.5 Å². The summed E-state index contributed by atoms with van der Waals surface area (Å²) in [5, 5.41) is 0.636. The van der Waals surface area contributed by atoms with Crippen molar-refractivity contribution in [2.45, 2.75) is 19.9 Å². The molecule has 0 amide bonds. The van der Waals surface area contributed by atoms with Crippen molar-refractivity contribution in [1.29, 1.82) is 0 Å². The van der Waals surface area contributed by atoms with Crippen molar-refractivity contribution in [3.05, 3.63) is 58.4 Å². The number of hydrogen-bond acceptors (Lipinski definition) is 2. The van der Waals surface area contributed by atoms with Gasteiger partial charge in [-0.25, -0.2) is 4.39 Å². The SMILES string of the molecule is Cc1cc(Cl)ccc1Oc1cccc(F)c1C(C)N. The predicted octanol–water partition coefficient (Wildman–Crippen LogP) is 4.60. The van der Waals surface area contributed by atoms with Crippen LogP contribution in [0.1, 0.15) is 24.1 Å². The summed E-state index contributed by atoms with van der Waals surface area (Å²) in [6.45, 7) is 3.60. The summed E-state index contributed by atoms with van der Waals surface area (Å²) in [7, 11) is 0. The highest BCUT2D eigenvalue weighted by atomic mass is 35.5. The van der Waals surface area contributed by atoms with Crippen LogP contribution >= 0.6 is 11.6 Å². The van der Waals surface area contributed by atoms with Crippen molar-refractivity contribution in [2.75, 3.05) is 0 Å². The highest BCUT2D eigenvalue weighted by molar-refractivity contribution is 6.30. The Morgan fingerprint density at radius 3 is 2.58 bits per heavy atom. The number of rotatable bonds is 3. The Morgan fingerprint density at radius 2 is 1.95 bits per heavy atom. The van der Waals surface area contributed by atoms with E-state index in [9.17, 15) is 4.39 Å². The largest absolute Gasteiger partial charge is 0.457 e. The summed E-state index contributed by atoms with van der Waals surface area (Å²) in [5.41, 5.74) is 7.04. The fourth-order valence-electron chi connectivity index (χ4n) is 1.89. The zero-order chi connectivity index (χ0) is 14.0. The lowest BCUT2D eigenvalue weighted by atomic mass is 10.1. The summed E-state index contributed by atoms with van der Waals surface area (Å²) >= 11 is 5.89. The smallest absolute Gasteiger partial charge is 0.135 e. The van der Waals surface area contributed by atoms with Gasteiger partial charge in [-0.1, -0.05) is 17.7 Å². The van der Waals surface area contributed by atoms with Gasteiger partial charge >= 0.3 is 0 Å². The van der Waals surface area contributed by atoms with Crippen molar-refractivity contribution in [2.24, 2.45) is 5.73 Å². The third-order valence-corrected chi connectivity index (χ3v) is 3.06. The van der Waals surface area contributed by atoms with E-state index in [-0.39, 0.29) is 5.82 Å². The van der Waals surface area contributed by atoms with Gasteiger partial charge < -0.3 is 10.5 Å². The topological polar surface area (TPSA) is 35.2 Å². The maximum Gasteiger partial charge on any atom is 0.135 e. The Balaban J connectivity index is 2.41. The van der Waals surface area contributed by atoms with Gasteiger partial charge in [-0.15, -0.1) is 0 Å². The molecule has 0 radical (unpaired) electrons. The van der Waals surface area contributed by atoms with Gasteiger partial charge in [0, 0.05) is 16.6 Å². The number of ether oxygens (including phenoxy) is 1. The van der Waals surface area contributed by atoms with Crippen LogP contribution in [0.4, 0.5) is 4.39 Å². The molecule has 0 bridgehead atoms. The molecule has 2 aromatic rings. The first-order valence-electron chi connectivity index (χ1n) is 5.97. The summed E-state index contributed by atoms with van der Waals surface area (Å²) < 4.78 is 19.5. The summed E-state index contributed by atoms with van der Waals surface area (Å²) in [4.78, 5) is 0. The van der Waals surface area contributed by atoms with Crippen molar-refractivity contribution >= 4 is 11.6 Å². The van der Waals surface area contributed by atoms with Crippen molar-refractivity contribution in [3.63, 3.8) is 0 Å². The highest BCUT2D eigenvalue weighted by Gasteiger charge is 2.14. The first kappa shape index (κ1) is 13.8.